The quantitative estimate of drug-likeness (QED) is 0.319. The van der Waals surface area contributed by atoms with Gasteiger partial charge in [0.15, 0.2) is 0 Å². The predicted octanol–water partition coefficient (Wildman–Crippen LogP) is 4.68. The fraction of sp³-hybridized carbons (Fsp3) is 0.125. The first-order valence-corrected chi connectivity index (χ1v) is 9.97. The lowest BCUT2D eigenvalue weighted by Gasteiger charge is -2.13. The van der Waals surface area contributed by atoms with Gasteiger partial charge in [0.25, 0.3) is 11.8 Å². The summed E-state index contributed by atoms with van der Waals surface area (Å²) in [6.07, 6.45) is 0. The summed E-state index contributed by atoms with van der Waals surface area (Å²) in [5, 5.41) is 0.497. The highest BCUT2D eigenvalue weighted by Gasteiger charge is 2.37. The molecule has 0 saturated heterocycles. The highest BCUT2D eigenvalue weighted by Crippen LogP contribution is 2.30. The van der Waals surface area contributed by atoms with E-state index in [4.69, 9.17) is 21.1 Å². The molecular formula is C24H18ClNO5. The Labute approximate surface area is 184 Å². The van der Waals surface area contributed by atoms with Crippen molar-refractivity contribution in [2.24, 2.45) is 0 Å². The van der Waals surface area contributed by atoms with Gasteiger partial charge < -0.3 is 9.47 Å². The molecule has 3 aromatic rings. The molecule has 3 aromatic carbocycles. The Morgan fingerprint density at radius 3 is 2.35 bits per heavy atom. The van der Waals surface area contributed by atoms with Crippen molar-refractivity contribution in [3.05, 3.63) is 94.0 Å². The van der Waals surface area contributed by atoms with Crippen LogP contribution in [0.5, 0.6) is 5.75 Å². The van der Waals surface area contributed by atoms with Crippen molar-refractivity contribution in [2.75, 3.05) is 18.1 Å². The lowest BCUT2D eigenvalue weighted by atomic mass is 10.1. The zero-order chi connectivity index (χ0) is 22.0. The van der Waals surface area contributed by atoms with Crippen LogP contribution in [-0.4, -0.2) is 31.0 Å². The highest BCUT2D eigenvalue weighted by atomic mass is 35.5. The van der Waals surface area contributed by atoms with Gasteiger partial charge in [-0.1, -0.05) is 29.8 Å². The molecule has 0 fully saturated rings. The minimum Gasteiger partial charge on any atom is -0.490 e. The normalized spacial score (nSPS) is 12.6. The van der Waals surface area contributed by atoms with Crippen LogP contribution >= 0.6 is 11.6 Å². The van der Waals surface area contributed by atoms with Gasteiger partial charge in [-0.15, -0.1) is 0 Å². The van der Waals surface area contributed by atoms with Crippen LogP contribution in [0.2, 0.25) is 5.02 Å². The predicted molar refractivity (Wildman–Crippen MR) is 116 cm³/mol. The molecule has 1 aliphatic heterocycles. The summed E-state index contributed by atoms with van der Waals surface area (Å²) in [7, 11) is 0. The summed E-state index contributed by atoms with van der Waals surface area (Å²) >= 11 is 5.88. The first-order valence-electron chi connectivity index (χ1n) is 9.59. The Balaban J connectivity index is 1.42. The van der Waals surface area contributed by atoms with Crippen LogP contribution in [0.3, 0.4) is 0 Å². The van der Waals surface area contributed by atoms with Crippen LogP contribution in [0.4, 0.5) is 5.69 Å². The lowest BCUT2D eigenvalue weighted by molar-refractivity contribution is 0.0450. The summed E-state index contributed by atoms with van der Waals surface area (Å²) in [4.78, 5) is 39.0. The Bertz CT molecular complexity index is 1170. The van der Waals surface area contributed by atoms with Crippen LogP contribution in [0.25, 0.3) is 0 Å². The number of halogens is 1. The number of hydrogen-bond donors (Lipinski definition) is 0. The zero-order valence-electron chi connectivity index (χ0n) is 16.6. The smallest absolute Gasteiger partial charge is 0.338 e. The molecule has 1 aliphatic rings. The summed E-state index contributed by atoms with van der Waals surface area (Å²) in [6, 6.07) is 18.2. The molecule has 156 valence electrons. The van der Waals surface area contributed by atoms with E-state index in [1.165, 1.54) is 18.2 Å². The monoisotopic (exact) mass is 435 g/mol. The number of imide groups is 1. The first kappa shape index (κ1) is 20.6. The summed E-state index contributed by atoms with van der Waals surface area (Å²) in [5.74, 6) is -0.822. The molecule has 0 aromatic heterocycles. The molecule has 4 rings (SSSR count). The van der Waals surface area contributed by atoms with Gasteiger partial charge in [0.1, 0.15) is 19.0 Å². The van der Waals surface area contributed by atoms with E-state index >= 15 is 0 Å². The fourth-order valence-corrected chi connectivity index (χ4v) is 3.41. The van der Waals surface area contributed by atoms with Gasteiger partial charge in [-0.25, -0.2) is 9.69 Å². The van der Waals surface area contributed by atoms with E-state index in [1.807, 2.05) is 31.2 Å². The second-order valence-corrected chi connectivity index (χ2v) is 7.37. The Hall–Kier alpha value is -3.64. The number of para-hydroxylation sites is 1. The van der Waals surface area contributed by atoms with E-state index in [0.717, 1.165) is 16.2 Å². The second-order valence-electron chi connectivity index (χ2n) is 6.93. The number of nitrogens with zero attached hydrogens (tertiary/aromatic N) is 1. The number of aryl methyl sites for hydroxylation is 1. The lowest BCUT2D eigenvalue weighted by Crippen LogP contribution is -2.29. The molecule has 2 amide bonds. The number of rotatable bonds is 6. The maximum absolute atomic E-state index is 12.8. The largest absolute Gasteiger partial charge is 0.490 e. The third-order valence-corrected chi connectivity index (χ3v) is 5.13. The maximum atomic E-state index is 12.8. The van der Waals surface area contributed by atoms with E-state index in [9.17, 15) is 14.4 Å². The van der Waals surface area contributed by atoms with Crippen LogP contribution in [-0.2, 0) is 4.74 Å². The summed E-state index contributed by atoms with van der Waals surface area (Å²) < 4.78 is 10.9. The third kappa shape index (κ3) is 4.15. The van der Waals surface area contributed by atoms with Crippen LogP contribution in [0.1, 0.15) is 36.6 Å². The standard InChI is InChI=1S/C24H18ClNO5/c1-15-4-2-3-5-21(15)30-12-13-31-24(29)16-6-11-19-20(14-16)23(28)26(22(19)27)18-9-7-17(25)8-10-18/h2-11,14H,12-13H2,1H3. The van der Waals surface area contributed by atoms with Gasteiger partial charge in [0, 0.05) is 5.02 Å². The highest BCUT2D eigenvalue weighted by molar-refractivity contribution is 6.35. The Kier molecular flexibility index (Phi) is 5.73. The molecule has 0 bridgehead atoms. The van der Waals surface area contributed by atoms with Crippen molar-refractivity contribution in [1.29, 1.82) is 0 Å². The molecule has 0 spiro atoms. The Morgan fingerprint density at radius 1 is 0.903 bits per heavy atom. The topological polar surface area (TPSA) is 72.9 Å². The average Bonchev–Trinajstić information content (AvgIpc) is 3.02. The number of carbonyl (C=O) groups excluding carboxylic acids is 3. The molecule has 0 atom stereocenters. The molecule has 1 heterocycles. The van der Waals surface area contributed by atoms with Crippen molar-refractivity contribution in [3.8, 4) is 5.75 Å². The minimum absolute atomic E-state index is 0.0496. The number of fused-ring (bicyclic) bond motifs is 1. The van der Waals surface area contributed by atoms with Gasteiger partial charge in [-0.3, -0.25) is 9.59 Å². The number of esters is 1. The van der Waals surface area contributed by atoms with Crippen molar-refractivity contribution in [1.82, 2.24) is 0 Å². The van der Waals surface area contributed by atoms with E-state index in [1.54, 1.807) is 24.3 Å². The van der Waals surface area contributed by atoms with Crippen molar-refractivity contribution in [3.63, 3.8) is 0 Å². The molecular weight excluding hydrogens is 418 g/mol. The molecule has 0 saturated carbocycles. The van der Waals surface area contributed by atoms with Crippen LogP contribution in [0.15, 0.2) is 66.7 Å². The number of anilines is 1. The van der Waals surface area contributed by atoms with Crippen molar-refractivity contribution in [2.45, 2.75) is 6.92 Å². The Morgan fingerprint density at radius 2 is 1.61 bits per heavy atom. The van der Waals surface area contributed by atoms with Gasteiger partial charge in [0.2, 0.25) is 0 Å². The number of benzene rings is 3. The van der Waals surface area contributed by atoms with Gasteiger partial charge in [0.05, 0.1) is 22.4 Å². The van der Waals surface area contributed by atoms with E-state index < -0.39 is 17.8 Å². The first-order chi connectivity index (χ1) is 15.0. The minimum atomic E-state index is -0.596. The van der Waals surface area contributed by atoms with Gasteiger partial charge >= 0.3 is 5.97 Å². The van der Waals surface area contributed by atoms with Crippen molar-refractivity contribution < 1.29 is 23.9 Å². The zero-order valence-corrected chi connectivity index (χ0v) is 17.4. The molecule has 0 unspecified atom stereocenters. The molecule has 31 heavy (non-hydrogen) atoms. The molecule has 0 N–H and O–H groups in total. The number of ether oxygens (including phenoxy) is 2. The third-order valence-electron chi connectivity index (χ3n) is 4.87. The SMILES string of the molecule is Cc1ccccc1OCCOC(=O)c1ccc2c(c1)C(=O)N(c1ccc(Cl)cc1)C2=O. The second kappa shape index (κ2) is 8.62. The number of carbonyl (C=O) groups is 3. The molecule has 6 nitrogen and oxygen atoms in total. The molecule has 0 radical (unpaired) electrons. The van der Waals surface area contributed by atoms with E-state index in [2.05, 4.69) is 0 Å². The van der Waals surface area contributed by atoms with E-state index in [0.29, 0.717) is 10.7 Å². The summed E-state index contributed by atoms with van der Waals surface area (Å²) in [5.41, 5.74) is 1.98. The fourth-order valence-electron chi connectivity index (χ4n) is 3.28. The number of amides is 2. The molecule has 0 aliphatic carbocycles. The maximum Gasteiger partial charge on any atom is 0.338 e. The number of hydrogen-bond acceptors (Lipinski definition) is 5. The van der Waals surface area contributed by atoms with Crippen LogP contribution in [0, 0.1) is 6.92 Å². The molecule has 7 heteroatoms. The van der Waals surface area contributed by atoms with Crippen molar-refractivity contribution >= 4 is 35.1 Å². The summed E-state index contributed by atoms with van der Waals surface area (Å²) in [6.45, 7) is 2.18. The van der Waals surface area contributed by atoms with E-state index in [-0.39, 0.29) is 29.9 Å². The van der Waals surface area contributed by atoms with Gasteiger partial charge in [-0.05, 0) is 61.0 Å². The average molecular weight is 436 g/mol. The van der Waals surface area contributed by atoms with Crippen LogP contribution < -0.4 is 9.64 Å². The van der Waals surface area contributed by atoms with Gasteiger partial charge in [-0.2, -0.15) is 0 Å².